The molecule has 0 saturated carbocycles. The second kappa shape index (κ2) is 4.64. The summed E-state index contributed by atoms with van der Waals surface area (Å²) in [5.41, 5.74) is 0.674. The van der Waals surface area contributed by atoms with Crippen LogP contribution in [-0.4, -0.2) is 47.7 Å². The van der Waals surface area contributed by atoms with E-state index in [2.05, 4.69) is 10.4 Å². The Bertz CT molecular complexity index is 537. The Labute approximate surface area is 108 Å². The Balaban J connectivity index is 2.39. The molecule has 6 nitrogen and oxygen atoms in total. The lowest BCUT2D eigenvalue weighted by atomic mass is 10.2. The van der Waals surface area contributed by atoms with Gasteiger partial charge in [-0.15, -0.1) is 0 Å². The molecule has 102 valence electrons. The second-order valence-corrected chi connectivity index (χ2v) is 6.81. The summed E-state index contributed by atoms with van der Waals surface area (Å²) in [6.07, 6.45) is 1.43. The fourth-order valence-electron chi connectivity index (χ4n) is 2.18. The SMILES string of the molecule is Cc1c(S(=O)(=O)N2CC(C)NCC2C)cnn1C. The van der Waals surface area contributed by atoms with E-state index in [1.54, 1.807) is 23.0 Å². The van der Waals surface area contributed by atoms with Crippen LogP contribution < -0.4 is 5.32 Å². The average molecular weight is 272 g/mol. The number of nitrogens with one attached hydrogen (secondary N) is 1. The fraction of sp³-hybridized carbons (Fsp3) is 0.727. The van der Waals surface area contributed by atoms with Crippen LogP contribution in [0.4, 0.5) is 0 Å². The van der Waals surface area contributed by atoms with Crippen molar-refractivity contribution in [2.45, 2.75) is 37.8 Å². The maximum absolute atomic E-state index is 12.6. The monoisotopic (exact) mass is 272 g/mol. The van der Waals surface area contributed by atoms with Crippen LogP contribution in [-0.2, 0) is 17.1 Å². The summed E-state index contributed by atoms with van der Waals surface area (Å²) >= 11 is 0. The molecule has 0 aromatic carbocycles. The number of hydrogen-bond acceptors (Lipinski definition) is 4. The number of aromatic nitrogens is 2. The third kappa shape index (κ3) is 2.17. The van der Waals surface area contributed by atoms with Crippen molar-refractivity contribution in [3.8, 4) is 0 Å². The van der Waals surface area contributed by atoms with E-state index in [1.807, 2.05) is 13.8 Å². The van der Waals surface area contributed by atoms with Gasteiger partial charge in [0.25, 0.3) is 0 Å². The Hall–Kier alpha value is -0.920. The van der Waals surface area contributed by atoms with Crippen molar-refractivity contribution in [1.29, 1.82) is 0 Å². The smallest absolute Gasteiger partial charge is 0.246 e. The van der Waals surface area contributed by atoms with Crippen LogP contribution in [0.15, 0.2) is 11.1 Å². The molecule has 0 aliphatic carbocycles. The zero-order valence-corrected chi connectivity index (χ0v) is 12.0. The van der Waals surface area contributed by atoms with Crippen molar-refractivity contribution >= 4 is 10.0 Å². The van der Waals surface area contributed by atoms with Gasteiger partial charge >= 0.3 is 0 Å². The lowest BCUT2D eigenvalue weighted by Gasteiger charge is -2.36. The number of nitrogens with zero attached hydrogens (tertiary/aromatic N) is 3. The molecule has 0 amide bonds. The molecule has 7 heteroatoms. The van der Waals surface area contributed by atoms with Gasteiger partial charge in [0.05, 0.1) is 11.9 Å². The van der Waals surface area contributed by atoms with Gasteiger partial charge in [-0.3, -0.25) is 4.68 Å². The first-order valence-electron chi connectivity index (χ1n) is 6.08. The third-order valence-electron chi connectivity index (χ3n) is 3.48. The van der Waals surface area contributed by atoms with Gasteiger partial charge in [-0.2, -0.15) is 9.40 Å². The van der Waals surface area contributed by atoms with E-state index in [1.165, 1.54) is 6.20 Å². The molecule has 2 unspecified atom stereocenters. The molecular formula is C11H20N4O2S. The summed E-state index contributed by atoms with van der Waals surface area (Å²) in [4.78, 5) is 0.311. The van der Waals surface area contributed by atoms with E-state index >= 15 is 0 Å². The van der Waals surface area contributed by atoms with Crippen molar-refractivity contribution in [3.63, 3.8) is 0 Å². The number of piperazine rings is 1. The number of sulfonamides is 1. The molecule has 1 aliphatic rings. The summed E-state index contributed by atoms with van der Waals surface area (Å²) in [5.74, 6) is 0. The molecule has 2 atom stereocenters. The minimum atomic E-state index is -3.44. The highest BCUT2D eigenvalue weighted by Gasteiger charge is 2.35. The molecule has 1 saturated heterocycles. The Morgan fingerprint density at radius 3 is 2.67 bits per heavy atom. The molecule has 0 radical (unpaired) electrons. The van der Waals surface area contributed by atoms with Gasteiger partial charge in [0.2, 0.25) is 10.0 Å². The van der Waals surface area contributed by atoms with E-state index in [9.17, 15) is 8.42 Å². The second-order valence-electron chi connectivity index (χ2n) is 4.95. The molecule has 0 bridgehead atoms. The van der Waals surface area contributed by atoms with E-state index in [-0.39, 0.29) is 12.1 Å². The zero-order valence-electron chi connectivity index (χ0n) is 11.2. The first-order chi connectivity index (χ1) is 8.34. The molecule has 1 aromatic rings. The van der Waals surface area contributed by atoms with Crippen molar-refractivity contribution < 1.29 is 8.42 Å². The standard InChI is InChI=1S/C11H20N4O2S/c1-8-7-15(9(2)5-12-8)18(16,17)11-6-13-14(4)10(11)3/h6,8-9,12H,5,7H2,1-4H3. The van der Waals surface area contributed by atoms with Gasteiger partial charge < -0.3 is 5.32 Å². The first-order valence-corrected chi connectivity index (χ1v) is 7.52. The van der Waals surface area contributed by atoms with Gasteiger partial charge in [-0.1, -0.05) is 0 Å². The largest absolute Gasteiger partial charge is 0.311 e. The number of aryl methyl sites for hydroxylation is 1. The lowest BCUT2D eigenvalue weighted by molar-refractivity contribution is 0.244. The molecule has 1 aliphatic heterocycles. The zero-order chi connectivity index (χ0) is 13.5. The van der Waals surface area contributed by atoms with E-state index in [4.69, 9.17) is 0 Å². The van der Waals surface area contributed by atoms with Gasteiger partial charge in [0.1, 0.15) is 4.90 Å². The molecule has 1 aromatic heterocycles. The highest BCUT2D eigenvalue weighted by atomic mass is 32.2. The molecule has 2 heterocycles. The van der Waals surface area contributed by atoms with Crippen LogP contribution in [0.5, 0.6) is 0 Å². The minimum absolute atomic E-state index is 0.0363. The normalized spacial score (nSPS) is 26.4. The van der Waals surface area contributed by atoms with Crippen molar-refractivity contribution in [2.24, 2.45) is 7.05 Å². The Morgan fingerprint density at radius 1 is 1.44 bits per heavy atom. The van der Waals surface area contributed by atoms with E-state index < -0.39 is 10.0 Å². The van der Waals surface area contributed by atoms with Gasteiger partial charge in [0.15, 0.2) is 0 Å². The molecule has 1 fully saturated rings. The number of rotatable bonds is 2. The maximum atomic E-state index is 12.6. The molecule has 18 heavy (non-hydrogen) atoms. The van der Waals surface area contributed by atoms with Crippen LogP contribution in [0.3, 0.4) is 0 Å². The van der Waals surface area contributed by atoms with Crippen LogP contribution in [0.2, 0.25) is 0 Å². The highest BCUT2D eigenvalue weighted by molar-refractivity contribution is 7.89. The van der Waals surface area contributed by atoms with Crippen LogP contribution in [0.25, 0.3) is 0 Å². The van der Waals surface area contributed by atoms with Gasteiger partial charge in [0, 0.05) is 32.2 Å². The van der Waals surface area contributed by atoms with Crippen LogP contribution >= 0.6 is 0 Å². The predicted octanol–water partition coefficient (Wildman–Crippen LogP) is 0.0994. The van der Waals surface area contributed by atoms with Gasteiger partial charge in [-0.05, 0) is 20.8 Å². The molecule has 2 rings (SSSR count). The van der Waals surface area contributed by atoms with Crippen LogP contribution in [0.1, 0.15) is 19.5 Å². The summed E-state index contributed by atoms with van der Waals surface area (Å²) in [6, 6.07) is 0.138. The summed E-state index contributed by atoms with van der Waals surface area (Å²) in [7, 11) is -1.70. The van der Waals surface area contributed by atoms with Crippen molar-refractivity contribution in [3.05, 3.63) is 11.9 Å². The molecular weight excluding hydrogens is 252 g/mol. The van der Waals surface area contributed by atoms with Crippen molar-refractivity contribution in [1.82, 2.24) is 19.4 Å². The quantitative estimate of drug-likeness (QED) is 0.829. The topological polar surface area (TPSA) is 67.2 Å². The van der Waals surface area contributed by atoms with Crippen LogP contribution in [0, 0.1) is 6.92 Å². The summed E-state index contributed by atoms with van der Waals surface area (Å²) < 4.78 is 28.4. The predicted molar refractivity (Wildman–Crippen MR) is 68.8 cm³/mol. The number of hydrogen-bond donors (Lipinski definition) is 1. The fourth-order valence-corrected chi connectivity index (χ4v) is 4.09. The third-order valence-corrected chi connectivity index (χ3v) is 5.57. The van der Waals surface area contributed by atoms with Crippen molar-refractivity contribution in [2.75, 3.05) is 13.1 Å². The molecule has 0 spiro atoms. The van der Waals surface area contributed by atoms with E-state index in [0.717, 1.165) is 0 Å². The van der Waals surface area contributed by atoms with E-state index in [0.29, 0.717) is 23.7 Å². The summed E-state index contributed by atoms with van der Waals surface area (Å²) in [6.45, 7) is 6.86. The Kier molecular flexibility index (Phi) is 3.48. The first kappa shape index (κ1) is 13.5. The maximum Gasteiger partial charge on any atom is 0.246 e. The minimum Gasteiger partial charge on any atom is -0.311 e. The average Bonchev–Trinajstić information content (AvgIpc) is 2.63. The van der Waals surface area contributed by atoms with Gasteiger partial charge in [-0.25, -0.2) is 8.42 Å². The lowest BCUT2D eigenvalue weighted by Crippen LogP contribution is -2.56. The Morgan fingerprint density at radius 2 is 2.11 bits per heavy atom. The summed E-state index contributed by atoms with van der Waals surface area (Å²) in [5, 5.41) is 7.29. The highest BCUT2D eigenvalue weighted by Crippen LogP contribution is 2.22. The molecule has 1 N–H and O–H groups in total.